The lowest BCUT2D eigenvalue weighted by atomic mass is 9.80. The van der Waals surface area contributed by atoms with Gasteiger partial charge in [-0.1, -0.05) is 6.07 Å². The first-order valence-electron chi connectivity index (χ1n) is 4.11. The van der Waals surface area contributed by atoms with Crippen LogP contribution >= 0.6 is 0 Å². The number of benzene rings is 1. The zero-order chi connectivity index (χ0) is 10.3. The van der Waals surface area contributed by atoms with Gasteiger partial charge in [0.2, 0.25) is 0 Å². The van der Waals surface area contributed by atoms with Crippen LogP contribution in [0.4, 0.5) is 0 Å². The SMILES string of the molecule is CS(=O)(=O)c1ccc2c(c1)COB2O. The van der Waals surface area contributed by atoms with Crippen molar-refractivity contribution in [1.29, 1.82) is 0 Å². The first-order chi connectivity index (χ1) is 6.48. The first kappa shape index (κ1) is 9.70. The average molecular weight is 212 g/mol. The molecule has 1 aliphatic rings. The molecule has 0 amide bonds. The van der Waals surface area contributed by atoms with Crippen molar-refractivity contribution in [3.05, 3.63) is 23.8 Å². The molecule has 74 valence electrons. The van der Waals surface area contributed by atoms with Crippen LogP contribution in [0.3, 0.4) is 0 Å². The van der Waals surface area contributed by atoms with Crippen molar-refractivity contribution in [2.24, 2.45) is 0 Å². The maximum Gasteiger partial charge on any atom is 0.491 e. The lowest BCUT2D eigenvalue weighted by molar-refractivity contribution is 0.275. The lowest BCUT2D eigenvalue weighted by Crippen LogP contribution is -2.27. The van der Waals surface area contributed by atoms with Crippen LogP contribution < -0.4 is 5.46 Å². The first-order valence-corrected chi connectivity index (χ1v) is 6.00. The monoisotopic (exact) mass is 212 g/mol. The molecular weight excluding hydrogens is 203 g/mol. The summed E-state index contributed by atoms with van der Waals surface area (Å²) in [6.45, 7) is 0.264. The van der Waals surface area contributed by atoms with Crippen LogP contribution in [0.1, 0.15) is 5.56 Å². The molecule has 2 rings (SSSR count). The van der Waals surface area contributed by atoms with Gasteiger partial charge in [-0.15, -0.1) is 0 Å². The van der Waals surface area contributed by atoms with E-state index in [9.17, 15) is 13.4 Å². The second-order valence-corrected chi connectivity index (χ2v) is 5.31. The van der Waals surface area contributed by atoms with E-state index in [0.717, 1.165) is 11.8 Å². The molecule has 4 nitrogen and oxygen atoms in total. The summed E-state index contributed by atoms with van der Waals surface area (Å²) in [5.41, 5.74) is 1.39. The van der Waals surface area contributed by atoms with Gasteiger partial charge in [0.25, 0.3) is 0 Å². The molecule has 1 aliphatic heterocycles. The number of hydrogen-bond donors (Lipinski definition) is 1. The molecule has 0 fully saturated rings. The van der Waals surface area contributed by atoms with Gasteiger partial charge in [-0.2, -0.15) is 0 Å². The van der Waals surface area contributed by atoms with Gasteiger partial charge in [0.15, 0.2) is 9.84 Å². The summed E-state index contributed by atoms with van der Waals surface area (Å²) in [5, 5.41) is 9.30. The van der Waals surface area contributed by atoms with Gasteiger partial charge in [-0.05, 0) is 23.2 Å². The van der Waals surface area contributed by atoms with Crippen molar-refractivity contribution in [3.63, 3.8) is 0 Å². The van der Waals surface area contributed by atoms with Gasteiger partial charge >= 0.3 is 7.12 Å². The van der Waals surface area contributed by atoms with E-state index in [2.05, 4.69) is 0 Å². The smallest absolute Gasteiger partial charge is 0.423 e. The largest absolute Gasteiger partial charge is 0.491 e. The van der Waals surface area contributed by atoms with E-state index in [4.69, 9.17) is 4.65 Å². The predicted octanol–water partition coefficient (Wildman–Crippen LogP) is -0.692. The quantitative estimate of drug-likeness (QED) is 0.625. The molecule has 0 spiro atoms. The molecule has 0 aromatic heterocycles. The number of rotatable bonds is 1. The van der Waals surface area contributed by atoms with Crippen molar-refractivity contribution in [1.82, 2.24) is 0 Å². The third kappa shape index (κ3) is 1.56. The maximum absolute atomic E-state index is 11.2. The second-order valence-electron chi connectivity index (χ2n) is 3.30. The molecule has 0 unspecified atom stereocenters. The molecule has 0 saturated heterocycles. The Morgan fingerprint density at radius 1 is 1.50 bits per heavy atom. The zero-order valence-corrected chi connectivity index (χ0v) is 8.41. The van der Waals surface area contributed by atoms with Gasteiger partial charge in [-0.3, -0.25) is 0 Å². The summed E-state index contributed by atoms with van der Waals surface area (Å²) in [4.78, 5) is 0.258. The van der Waals surface area contributed by atoms with E-state index in [1.165, 1.54) is 6.07 Å². The minimum Gasteiger partial charge on any atom is -0.423 e. The van der Waals surface area contributed by atoms with E-state index < -0.39 is 17.0 Å². The molecule has 0 radical (unpaired) electrons. The summed E-state index contributed by atoms with van der Waals surface area (Å²) in [6, 6.07) is 4.61. The molecule has 0 bridgehead atoms. The molecule has 1 aromatic rings. The van der Waals surface area contributed by atoms with Gasteiger partial charge in [-0.25, -0.2) is 8.42 Å². The highest BCUT2D eigenvalue weighted by Gasteiger charge is 2.27. The van der Waals surface area contributed by atoms with E-state index in [1.807, 2.05) is 0 Å². The minimum absolute atomic E-state index is 0.258. The Kier molecular flexibility index (Phi) is 2.13. The van der Waals surface area contributed by atoms with E-state index in [-0.39, 0.29) is 11.5 Å². The summed E-state index contributed by atoms with van der Waals surface area (Å²) in [7, 11) is -4.10. The van der Waals surface area contributed by atoms with Crippen molar-refractivity contribution < 1.29 is 18.1 Å². The van der Waals surface area contributed by atoms with Crippen LogP contribution in [-0.4, -0.2) is 26.8 Å². The highest BCUT2D eigenvalue weighted by atomic mass is 32.2. The molecule has 0 saturated carbocycles. The molecule has 6 heteroatoms. The lowest BCUT2D eigenvalue weighted by Gasteiger charge is -2.01. The fourth-order valence-corrected chi connectivity index (χ4v) is 2.11. The van der Waals surface area contributed by atoms with E-state index in [1.54, 1.807) is 12.1 Å². The standard InChI is InChI=1S/C8H9BO4S/c1-14(11,12)7-2-3-8-6(4-7)5-13-9(8)10/h2-4,10H,5H2,1H3. The third-order valence-corrected chi connectivity index (χ3v) is 3.32. The number of hydrogen-bond acceptors (Lipinski definition) is 4. The van der Waals surface area contributed by atoms with Crippen LogP contribution in [0, 0.1) is 0 Å². The summed E-state index contributed by atoms with van der Waals surface area (Å²) < 4.78 is 27.4. The van der Waals surface area contributed by atoms with Gasteiger partial charge in [0.1, 0.15) is 0 Å². The Bertz CT molecular complexity index is 468. The summed E-state index contributed by atoms with van der Waals surface area (Å²) in [6.07, 6.45) is 1.15. The molecule has 0 aliphatic carbocycles. The topological polar surface area (TPSA) is 63.6 Å². The van der Waals surface area contributed by atoms with Crippen molar-refractivity contribution in [2.75, 3.05) is 6.26 Å². The fourth-order valence-electron chi connectivity index (χ4n) is 1.44. The highest BCUT2D eigenvalue weighted by molar-refractivity contribution is 7.90. The fraction of sp³-hybridized carbons (Fsp3) is 0.250. The van der Waals surface area contributed by atoms with Crippen LogP contribution in [-0.2, 0) is 21.1 Å². The average Bonchev–Trinajstić information content (AvgIpc) is 2.46. The van der Waals surface area contributed by atoms with Crippen molar-refractivity contribution in [3.8, 4) is 0 Å². The normalized spacial score (nSPS) is 15.7. The molecule has 1 heterocycles. The Morgan fingerprint density at radius 2 is 2.21 bits per heavy atom. The Balaban J connectivity index is 2.53. The zero-order valence-electron chi connectivity index (χ0n) is 7.60. The second kappa shape index (κ2) is 3.08. The Morgan fingerprint density at radius 3 is 2.86 bits per heavy atom. The molecular formula is C8H9BO4S. The molecule has 1 aromatic carbocycles. The van der Waals surface area contributed by atoms with Crippen LogP contribution in [0.5, 0.6) is 0 Å². The van der Waals surface area contributed by atoms with Crippen molar-refractivity contribution in [2.45, 2.75) is 11.5 Å². The maximum atomic E-state index is 11.2. The van der Waals surface area contributed by atoms with Crippen LogP contribution in [0.25, 0.3) is 0 Å². The van der Waals surface area contributed by atoms with E-state index >= 15 is 0 Å². The summed E-state index contributed by atoms with van der Waals surface area (Å²) in [5.74, 6) is 0. The molecule has 0 atom stereocenters. The van der Waals surface area contributed by atoms with Gasteiger partial charge < -0.3 is 9.68 Å². The van der Waals surface area contributed by atoms with Crippen LogP contribution in [0.2, 0.25) is 0 Å². The number of fused-ring (bicyclic) bond motifs is 1. The Hall–Kier alpha value is -0.845. The minimum atomic E-state index is -3.18. The van der Waals surface area contributed by atoms with Crippen LogP contribution in [0.15, 0.2) is 23.1 Å². The third-order valence-electron chi connectivity index (χ3n) is 2.21. The molecule has 14 heavy (non-hydrogen) atoms. The van der Waals surface area contributed by atoms with Gasteiger partial charge in [0, 0.05) is 6.26 Å². The summed E-state index contributed by atoms with van der Waals surface area (Å²) >= 11 is 0. The van der Waals surface area contributed by atoms with Gasteiger partial charge in [0.05, 0.1) is 11.5 Å². The van der Waals surface area contributed by atoms with Crippen molar-refractivity contribution >= 4 is 22.4 Å². The Labute approximate surface area is 82.6 Å². The highest BCUT2D eigenvalue weighted by Crippen LogP contribution is 2.15. The van der Waals surface area contributed by atoms with E-state index in [0.29, 0.717) is 5.46 Å². The number of sulfone groups is 1. The molecule has 1 N–H and O–H groups in total. The predicted molar refractivity (Wildman–Crippen MR) is 51.9 cm³/mol.